The molecule has 1 aromatic carbocycles. The number of H-pyrrole nitrogens is 1. The number of carbonyl (C=O) groups is 1. The predicted molar refractivity (Wildman–Crippen MR) is 56.6 cm³/mol. The van der Waals surface area contributed by atoms with Crippen molar-refractivity contribution in [3.05, 3.63) is 29.5 Å². The zero-order valence-corrected chi connectivity index (χ0v) is 8.70. The van der Waals surface area contributed by atoms with Gasteiger partial charge in [0.2, 0.25) is 0 Å². The van der Waals surface area contributed by atoms with Crippen LogP contribution in [-0.4, -0.2) is 23.3 Å². The second kappa shape index (κ2) is 3.73. The van der Waals surface area contributed by atoms with Crippen LogP contribution in [0.5, 0.6) is 0 Å². The van der Waals surface area contributed by atoms with Crippen LogP contribution in [0.25, 0.3) is 10.9 Å². The number of aromatic amines is 1. The summed E-state index contributed by atoms with van der Waals surface area (Å²) in [6, 6.07) is 5.78. The van der Waals surface area contributed by atoms with Crippen LogP contribution in [-0.2, 0) is 16.0 Å². The largest absolute Gasteiger partial charge is 0.469 e. The van der Waals surface area contributed by atoms with Crippen LogP contribution in [0.3, 0.4) is 0 Å². The summed E-state index contributed by atoms with van der Waals surface area (Å²) in [6.45, 7) is 1.97. The average molecular weight is 204 g/mol. The first-order chi connectivity index (χ1) is 7.20. The van der Waals surface area contributed by atoms with Crippen LogP contribution in [0.15, 0.2) is 18.2 Å². The van der Waals surface area contributed by atoms with Gasteiger partial charge in [-0.05, 0) is 18.6 Å². The van der Waals surface area contributed by atoms with Gasteiger partial charge < -0.3 is 4.74 Å². The number of aromatic nitrogens is 2. The van der Waals surface area contributed by atoms with E-state index in [9.17, 15) is 4.79 Å². The van der Waals surface area contributed by atoms with Crippen LogP contribution in [0.4, 0.5) is 0 Å². The first-order valence-corrected chi connectivity index (χ1v) is 4.71. The zero-order chi connectivity index (χ0) is 10.8. The second-order valence-corrected chi connectivity index (χ2v) is 3.45. The highest BCUT2D eigenvalue weighted by Gasteiger charge is 2.06. The standard InChI is InChI=1S/C11H12N2O2/c1-7-9-4-3-8(6-11(14)15-2)5-10(9)13-12-7/h3-5H,6H2,1-2H3,(H,12,13). The molecule has 0 aliphatic rings. The summed E-state index contributed by atoms with van der Waals surface area (Å²) in [4.78, 5) is 11.1. The van der Waals surface area contributed by atoms with Gasteiger partial charge in [0, 0.05) is 11.1 Å². The molecule has 2 aromatic rings. The molecule has 0 spiro atoms. The molecule has 2 rings (SSSR count). The number of ether oxygens (including phenoxy) is 1. The Labute approximate surface area is 87.2 Å². The van der Waals surface area contributed by atoms with E-state index in [0.29, 0.717) is 6.42 Å². The van der Waals surface area contributed by atoms with E-state index in [1.54, 1.807) is 0 Å². The van der Waals surface area contributed by atoms with Crippen molar-refractivity contribution in [2.75, 3.05) is 7.11 Å². The van der Waals surface area contributed by atoms with Gasteiger partial charge >= 0.3 is 5.97 Å². The molecule has 0 amide bonds. The van der Waals surface area contributed by atoms with E-state index in [1.165, 1.54) is 7.11 Å². The van der Waals surface area contributed by atoms with Gasteiger partial charge in [0.25, 0.3) is 0 Å². The minimum Gasteiger partial charge on any atom is -0.469 e. The summed E-state index contributed by atoms with van der Waals surface area (Å²) >= 11 is 0. The smallest absolute Gasteiger partial charge is 0.309 e. The summed E-state index contributed by atoms with van der Waals surface area (Å²) in [5.74, 6) is -0.235. The SMILES string of the molecule is COC(=O)Cc1ccc2c(C)[nH]nc2c1. The molecule has 1 heterocycles. The van der Waals surface area contributed by atoms with Crippen molar-refractivity contribution in [2.24, 2.45) is 0 Å². The molecule has 0 fully saturated rings. The van der Waals surface area contributed by atoms with E-state index in [4.69, 9.17) is 0 Å². The van der Waals surface area contributed by atoms with Crippen LogP contribution in [0.2, 0.25) is 0 Å². The molecule has 0 atom stereocenters. The van der Waals surface area contributed by atoms with E-state index in [1.807, 2.05) is 25.1 Å². The number of benzene rings is 1. The number of aryl methyl sites for hydroxylation is 1. The minimum absolute atomic E-state index is 0.235. The van der Waals surface area contributed by atoms with E-state index in [0.717, 1.165) is 22.2 Å². The van der Waals surface area contributed by atoms with E-state index < -0.39 is 0 Å². The van der Waals surface area contributed by atoms with Crippen molar-refractivity contribution >= 4 is 16.9 Å². The minimum atomic E-state index is -0.235. The molecule has 0 unspecified atom stereocenters. The van der Waals surface area contributed by atoms with E-state index in [-0.39, 0.29) is 5.97 Å². The molecule has 1 N–H and O–H groups in total. The fraction of sp³-hybridized carbons (Fsp3) is 0.273. The van der Waals surface area contributed by atoms with Crippen molar-refractivity contribution < 1.29 is 9.53 Å². The van der Waals surface area contributed by atoms with Crippen molar-refractivity contribution in [3.8, 4) is 0 Å². The summed E-state index contributed by atoms with van der Waals surface area (Å²) in [5, 5.41) is 8.13. The van der Waals surface area contributed by atoms with Crippen molar-refractivity contribution in [1.29, 1.82) is 0 Å². The topological polar surface area (TPSA) is 55.0 Å². The maximum Gasteiger partial charge on any atom is 0.309 e. The molecule has 78 valence electrons. The Bertz CT molecular complexity index is 502. The number of nitrogens with one attached hydrogen (secondary N) is 1. The Hall–Kier alpha value is -1.84. The van der Waals surface area contributed by atoms with Gasteiger partial charge in [0.05, 0.1) is 19.0 Å². The first-order valence-electron chi connectivity index (χ1n) is 4.71. The zero-order valence-electron chi connectivity index (χ0n) is 8.70. The molecule has 4 nitrogen and oxygen atoms in total. The third-order valence-electron chi connectivity index (χ3n) is 2.39. The lowest BCUT2D eigenvalue weighted by atomic mass is 10.1. The highest BCUT2D eigenvalue weighted by atomic mass is 16.5. The fourth-order valence-corrected chi connectivity index (χ4v) is 1.54. The third-order valence-corrected chi connectivity index (χ3v) is 2.39. The van der Waals surface area contributed by atoms with Crippen molar-refractivity contribution in [1.82, 2.24) is 10.2 Å². The number of rotatable bonds is 2. The van der Waals surface area contributed by atoms with Crippen LogP contribution in [0.1, 0.15) is 11.3 Å². The number of fused-ring (bicyclic) bond motifs is 1. The Balaban J connectivity index is 2.35. The molecular weight excluding hydrogens is 192 g/mol. The number of esters is 1. The van der Waals surface area contributed by atoms with Gasteiger partial charge in [-0.3, -0.25) is 9.89 Å². The first kappa shape index (κ1) is 9.71. The molecule has 0 bridgehead atoms. The monoisotopic (exact) mass is 204 g/mol. The molecule has 1 aromatic heterocycles. The molecule has 15 heavy (non-hydrogen) atoms. The van der Waals surface area contributed by atoms with Crippen LogP contribution < -0.4 is 0 Å². The summed E-state index contributed by atoms with van der Waals surface area (Å²) in [7, 11) is 1.39. The van der Waals surface area contributed by atoms with E-state index in [2.05, 4.69) is 14.9 Å². The lowest BCUT2D eigenvalue weighted by Gasteiger charge is -1.99. The Morgan fingerprint density at radius 1 is 1.53 bits per heavy atom. The summed E-state index contributed by atoms with van der Waals surface area (Å²) in [5.41, 5.74) is 2.84. The summed E-state index contributed by atoms with van der Waals surface area (Å²) in [6.07, 6.45) is 0.290. The Morgan fingerprint density at radius 3 is 3.07 bits per heavy atom. The van der Waals surface area contributed by atoms with Crippen LogP contribution in [0, 0.1) is 6.92 Å². The number of hydrogen-bond acceptors (Lipinski definition) is 3. The molecule has 0 saturated heterocycles. The van der Waals surface area contributed by atoms with E-state index >= 15 is 0 Å². The maximum atomic E-state index is 11.1. The lowest BCUT2D eigenvalue weighted by Crippen LogP contribution is -2.04. The highest BCUT2D eigenvalue weighted by Crippen LogP contribution is 2.17. The third kappa shape index (κ3) is 1.83. The molecule has 0 saturated carbocycles. The van der Waals surface area contributed by atoms with Gasteiger partial charge in [0.15, 0.2) is 0 Å². The number of hydrogen-bond donors (Lipinski definition) is 1. The van der Waals surface area contributed by atoms with Gasteiger partial charge in [-0.25, -0.2) is 0 Å². The Morgan fingerprint density at radius 2 is 2.33 bits per heavy atom. The second-order valence-electron chi connectivity index (χ2n) is 3.45. The lowest BCUT2D eigenvalue weighted by molar-refractivity contribution is -0.139. The maximum absolute atomic E-state index is 11.1. The van der Waals surface area contributed by atoms with Gasteiger partial charge in [-0.15, -0.1) is 0 Å². The number of carbonyl (C=O) groups excluding carboxylic acids is 1. The molecule has 0 aliphatic carbocycles. The molecular formula is C11H12N2O2. The molecule has 0 radical (unpaired) electrons. The quantitative estimate of drug-likeness (QED) is 0.756. The number of methoxy groups -OCH3 is 1. The predicted octanol–water partition coefficient (Wildman–Crippen LogP) is 1.59. The summed E-state index contributed by atoms with van der Waals surface area (Å²) < 4.78 is 4.60. The van der Waals surface area contributed by atoms with Crippen molar-refractivity contribution in [2.45, 2.75) is 13.3 Å². The van der Waals surface area contributed by atoms with Crippen LogP contribution >= 0.6 is 0 Å². The van der Waals surface area contributed by atoms with Gasteiger partial charge in [-0.1, -0.05) is 12.1 Å². The molecule has 4 heteroatoms. The normalized spacial score (nSPS) is 10.5. The number of nitrogens with zero attached hydrogens (tertiary/aromatic N) is 1. The fourth-order valence-electron chi connectivity index (χ4n) is 1.54. The van der Waals surface area contributed by atoms with Crippen molar-refractivity contribution in [3.63, 3.8) is 0 Å². The highest BCUT2D eigenvalue weighted by molar-refractivity contribution is 5.83. The van der Waals surface area contributed by atoms with Gasteiger partial charge in [0.1, 0.15) is 0 Å². The van der Waals surface area contributed by atoms with Gasteiger partial charge in [-0.2, -0.15) is 5.10 Å². The molecule has 0 aliphatic heterocycles. The average Bonchev–Trinajstić information content (AvgIpc) is 2.60. The Kier molecular flexibility index (Phi) is 2.41.